The molecule has 0 radical (unpaired) electrons. The van der Waals surface area contributed by atoms with E-state index in [-0.39, 0.29) is 0 Å². The number of para-hydroxylation sites is 4. The van der Waals surface area contributed by atoms with Gasteiger partial charge < -0.3 is 13.7 Å². The van der Waals surface area contributed by atoms with Crippen LogP contribution in [-0.4, -0.2) is 15.0 Å². The second-order valence-electron chi connectivity index (χ2n) is 12.1. The summed E-state index contributed by atoms with van der Waals surface area (Å²) in [5, 5.41) is 2.43. The van der Waals surface area contributed by atoms with Crippen molar-refractivity contribution in [1.82, 2.24) is 15.0 Å². The predicted octanol–water partition coefficient (Wildman–Crippen LogP) is 12.2. The van der Waals surface area contributed by atoms with Crippen LogP contribution in [0, 0.1) is 0 Å². The first-order chi connectivity index (χ1) is 24.7. The number of hydrogen-bond donors (Lipinski definition) is 0. The monoisotopic (exact) mass is 662 g/mol. The Morgan fingerprint density at radius 1 is 0.460 bits per heavy atom. The van der Waals surface area contributed by atoms with Crippen LogP contribution in [0.2, 0.25) is 0 Å². The van der Waals surface area contributed by atoms with E-state index in [1.807, 2.05) is 54.7 Å². The maximum absolute atomic E-state index is 6.06. The summed E-state index contributed by atoms with van der Waals surface area (Å²) in [5.41, 5.74) is 10.1. The lowest BCUT2D eigenvalue weighted by Crippen LogP contribution is -2.09. The zero-order chi connectivity index (χ0) is 33.0. The number of pyridine rings is 1. The van der Waals surface area contributed by atoms with Gasteiger partial charge in [0.15, 0.2) is 11.2 Å². The minimum absolute atomic E-state index is 0.596. The van der Waals surface area contributed by atoms with Crippen LogP contribution in [-0.2, 0) is 0 Å². The molecule has 4 heterocycles. The standard InChI is InChI=1S/C43H26N4O2S/c1-6-12-38-33(7-1)40-39(50-38)25-26-44-41(40)27-13-19-30(20-14-27)47(31-21-15-28(16-22-31)42-45-34-8-2-4-10-36(34)48-42)32-23-17-29(18-24-32)43-46-35-9-3-5-11-37(35)49-43/h1-26H. The van der Waals surface area contributed by atoms with E-state index < -0.39 is 0 Å². The SMILES string of the molecule is c1ccc2oc(-c3ccc(N(c4ccc(-c5nc6ccccc6o5)cc4)c4ccc(-c5nccc6sc7ccccc7c56)cc4)cc3)nc2c1. The molecular formula is C43H26N4O2S. The zero-order valence-electron chi connectivity index (χ0n) is 26.5. The molecule has 10 rings (SSSR count). The molecule has 0 fully saturated rings. The summed E-state index contributed by atoms with van der Waals surface area (Å²) < 4.78 is 14.6. The lowest BCUT2D eigenvalue weighted by Gasteiger charge is -2.26. The molecule has 0 saturated heterocycles. The molecule has 10 aromatic rings. The summed E-state index contributed by atoms with van der Waals surface area (Å²) in [7, 11) is 0. The van der Waals surface area contributed by atoms with Crippen LogP contribution >= 0.6 is 11.3 Å². The van der Waals surface area contributed by atoms with Gasteiger partial charge in [-0.2, -0.15) is 0 Å². The van der Waals surface area contributed by atoms with Gasteiger partial charge in [0.2, 0.25) is 11.8 Å². The molecule has 50 heavy (non-hydrogen) atoms. The number of oxazole rings is 2. The van der Waals surface area contributed by atoms with Crippen molar-refractivity contribution in [2.45, 2.75) is 0 Å². The van der Waals surface area contributed by atoms with Crippen molar-refractivity contribution in [1.29, 1.82) is 0 Å². The van der Waals surface area contributed by atoms with Gasteiger partial charge in [-0.05, 0) is 97.1 Å². The Balaban J connectivity index is 1.05. The molecule has 0 amide bonds. The van der Waals surface area contributed by atoms with E-state index >= 15 is 0 Å². The first kappa shape index (κ1) is 28.4. The van der Waals surface area contributed by atoms with Gasteiger partial charge in [0.25, 0.3) is 0 Å². The topological polar surface area (TPSA) is 68.2 Å². The molecule has 0 N–H and O–H groups in total. The fraction of sp³-hybridized carbons (Fsp3) is 0. The van der Waals surface area contributed by atoms with Gasteiger partial charge in [-0.15, -0.1) is 11.3 Å². The third-order valence-electron chi connectivity index (χ3n) is 9.02. The van der Waals surface area contributed by atoms with Crippen molar-refractivity contribution in [3.8, 4) is 34.2 Å². The molecule has 0 atom stereocenters. The van der Waals surface area contributed by atoms with Gasteiger partial charge in [0.1, 0.15) is 11.0 Å². The summed E-state index contributed by atoms with van der Waals surface area (Å²) >= 11 is 1.80. The highest BCUT2D eigenvalue weighted by Crippen LogP contribution is 2.41. The summed E-state index contributed by atoms with van der Waals surface area (Å²) in [4.78, 5) is 16.5. The molecule has 0 bridgehead atoms. The molecule has 4 aromatic heterocycles. The third kappa shape index (κ3) is 4.83. The highest BCUT2D eigenvalue weighted by Gasteiger charge is 2.17. The minimum atomic E-state index is 0.596. The largest absolute Gasteiger partial charge is 0.436 e. The lowest BCUT2D eigenvalue weighted by molar-refractivity contribution is 0.619. The Labute approximate surface area is 290 Å². The molecule has 7 heteroatoms. The number of aromatic nitrogens is 3. The molecule has 6 nitrogen and oxygen atoms in total. The Hall–Kier alpha value is -6.57. The molecule has 0 spiro atoms. The lowest BCUT2D eigenvalue weighted by atomic mass is 10.0. The van der Waals surface area contributed by atoms with Gasteiger partial charge in [-0.25, -0.2) is 9.97 Å². The number of rotatable bonds is 6. The van der Waals surface area contributed by atoms with Crippen LogP contribution in [0.15, 0.2) is 167 Å². The Kier molecular flexibility index (Phi) is 6.57. The van der Waals surface area contributed by atoms with E-state index in [4.69, 9.17) is 23.8 Å². The Morgan fingerprint density at radius 2 is 0.960 bits per heavy atom. The highest BCUT2D eigenvalue weighted by molar-refractivity contribution is 7.25. The highest BCUT2D eigenvalue weighted by atomic mass is 32.1. The van der Waals surface area contributed by atoms with E-state index in [2.05, 4.69) is 108 Å². The van der Waals surface area contributed by atoms with Gasteiger partial charge in [0, 0.05) is 60.1 Å². The van der Waals surface area contributed by atoms with Crippen LogP contribution in [0.4, 0.5) is 17.1 Å². The van der Waals surface area contributed by atoms with Crippen molar-refractivity contribution in [3.05, 3.63) is 158 Å². The quantitative estimate of drug-likeness (QED) is 0.176. The molecule has 0 unspecified atom stereocenters. The summed E-state index contributed by atoms with van der Waals surface area (Å²) in [6.45, 7) is 0. The minimum Gasteiger partial charge on any atom is -0.436 e. The molecule has 0 saturated carbocycles. The maximum Gasteiger partial charge on any atom is 0.227 e. The Morgan fingerprint density at radius 3 is 1.52 bits per heavy atom. The predicted molar refractivity (Wildman–Crippen MR) is 203 cm³/mol. The van der Waals surface area contributed by atoms with Crippen molar-refractivity contribution in [2.24, 2.45) is 0 Å². The number of benzene rings is 6. The van der Waals surface area contributed by atoms with E-state index in [0.29, 0.717) is 11.8 Å². The van der Waals surface area contributed by atoms with Crippen LogP contribution in [0.1, 0.15) is 0 Å². The van der Waals surface area contributed by atoms with E-state index in [1.54, 1.807) is 11.3 Å². The molecule has 236 valence electrons. The van der Waals surface area contributed by atoms with Gasteiger partial charge >= 0.3 is 0 Å². The molecule has 0 aliphatic carbocycles. The van der Waals surface area contributed by atoms with E-state index in [9.17, 15) is 0 Å². The number of thiophene rings is 1. The van der Waals surface area contributed by atoms with E-state index in [1.165, 1.54) is 20.2 Å². The number of anilines is 3. The maximum atomic E-state index is 6.06. The summed E-state index contributed by atoms with van der Waals surface area (Å²) in [6.07, 6.45) is 1.91. The average Bonchev–Trinajstić information content (AvgIpc) is 3.91. The van der Waals surface area contributed by atoms with Crippen LogP contribution < -0.4 is 4.90 Å². The van der Waals surface area contributed by atoms with E-state index in [0.717, 1.165) is 61.6 Å². The molecule has 0 aliphatic heterocycles. The zero-order valence-corrected chi connectivity index (χ0v) is 27.3. The number of fused-ring (bicyclic) bond motifs is 5. The summed E-state index contributed by atoms with van der Waals surface area (Å²) in [6, 6.07) is 51.6. The molecular weight excluding hydrogens is 637 g/mol. The number of hydrogen-bond acceptors (Lipinski definition) is 7. The Bertz CT molecular complexity index is 2630. The molecule has 0 aliphatic rings. The fourth-order valence-electron chi connectivity index (χ4n) is 6.60. The van der Waals surface area contributed by atoms with Crippen molar-refractivity contribution in [3.63, 3.8) is 0 Å². The van der Waals surface area contributed by atoms with Crippen molar-refractivity contribution in [2.75, 3.05) is 4.90 Å². The van der Waals surface area contributed by atoms with Gasteiger partial charge in [-0.1, -0.05) is 54.6 Å². The molecule has 6 aromatic carbocycles. The first-order valence-corrected chi connectivity index (χ1v) is 17.2. The first-order valence-electron chi connectivity index (χ1n) is 16.3. The second kappa shape index (κ2) is 11.5. The average molecular weight is 663 g/mol. The second-order valence-corrected chi connectivity index (χ2v) is 13.2. The number of nitrogens with zero attached hydrogens (tertiary/aromatic N) is 4. The van der Waals surface area contributed by atoms with Gasteiger partial charge in [-0.3, -0.25) is 4.98 Å². The van der Waals surface area contributed by atoms with Crippen molar-refractivity contribution < 1.29 is 8.83 Å². The smallest absolute Gasteiger partial charge is 0.227 e. The van der Waals surface area contributed by atoms with Crippen LogP contribution in [0.5, 0.6) is 0 Å². The van der Waals surface area contributed by atoms with Crippen LogP contribution in [0.3, 0.4) is 0 Å². The van der Waals surface area contributed by atoms with Gasteiger partial charge in [0.05, 0.1) is 5.69 Å². The fourth-order valence-corrected chi connectivity index (χ4v) is 7.70. The summed E-state index contributed by atoms with van der Waals surface area (Å²) in [5.74, 6) is 1.19. The third-order valence-corrected chi connectivity index (χ3v) is 10.2. The van der Waals surface area contributed by atoms with Crippen LogP contribution in [0.25, 0.3) is 76.5 Å². The van der Waals surface area contributed by atoms with Crippen molar-refractivity contribution >= 4 is 70.8 Å². The normalized spacial score (nSPS) is 11.6.